The van der Waals surface area contributed by atoms with Gasteiger partial charge in [-0.2, -0.15) is 0 Å². The number of hydrogen-bond acceptors (Lipinski definition) is 5. The molecule has 1 aliphatic rings. The van der Waals surface area contributed by atoms with Crippen molar-refractivity contribution in [2.75, 3.05) is 13.7 Å². The molecule has 6 nitrogen and oxygen atoms in total. The van der Waals surface area contributed by atoms with Gasteiger partial charge in [0.2, 0.25) is 0 Å². The van der Waals surface area contributed by atoms with Crippen LogP contribution in [0.15, 0.2) is 0 Å². The van der Waals surface area contributed by atoms with Gasteiger partial charge in [0.15, 0.2) is 0 Å². The predicted molar refractivity (Wildman–Crippen MR) is 73.0 cm³/mol. The Hall–Kier alpha value is -1.30. The van der Waals surface area contributed by atoms with E-state index in [-0.39, 0.29) is 23.9 Å². The summed E-state index contributed by atoms with van der Waals surface area (Å²) in [6, 6.07) is -0.804. The first kappa shape index (κ1) is 16.8. The highest BCUT2D eigenvalue weighted by molar-refractivity contribution is 5.82. The SMILES string of the molecule is COC(=O)[C@@H](NC(=O)OC(C)(C)C)[C@@H]1[C@H](CO)C1(C)C. The van der Waals surface area contributed by atoms with Crippen LogP contribution in [-0.4, -0.2) is 42.5 Å². The molecule has 1 aliphatic carbocycles. The van der Waals surface area contributed by atoms with Crippen LogP contribution in [0, 0.1) is 17.3 Å². The monoisotopic (exact) mass is 287 g/mol. The molecule has 1 rings (SSSR count). The Balaban J connectivity index is 2.78. The third-order valence-corrected chi connectivity index (χ3v) is 3.82. The van der Waals surface area contributed by atoms with Crippen LogP contribution in [-0.2, 0) is 14.3 Å². The third-order valence-electron chi connectivity index (χ3n) is 3.82. The van der Waals surface area contributed by atoms with Gasteiger partial charge < -0.3 is 19.9 Å². The Morgan fingerprint density at radius 1 is 1.35 bits per heavy atom. The minimum atomic E-state index is -0.804. The third kappa shape index (κ3) is 3.62. The summed E-state index contributed by atoms with van der Waals surface area (Å²) in [7, 11) is 1.27. The quantitative estimate of drug-likeness (QED) is 0.762. The van der Waals surface area contributed by atoms with E-state index in [4.69, 9.17) is 9.47 Å². The average Bonchev–Trinajstić information content (AvgIpc) is 2.84. The summed E-state index contributed by atoms with van der Waals surface area (Å²) in [5.41, 5.74) is -0.858. The molecular formula is C14H25NO5. The molecule has 0 aromatic heterocycles. The summed E-state index contributed by atoms with van der Waals surface area (Å²) in [6.45, 7) is 9.11. The fraction of sp³-hybridized carbons (Fsp3) is 0.857. The Morgan fingerprint density at radius 2 is 1.90 bits per heavy atom. The number of amides is 1. The first-order valence-corrected chi connectivity index (χ1v) is 6.72. The lowest BCUT2D eigenvalue weighted by Gasteiger charge is -2.23. The van der Waals surface area contributed by atoms with Crippen LogP contribution in [0.25, 0.3) is 0 Å². The van der Waals surface area contributed by atoms with Crippen LogP contribution < -0.4 is 5.32 Å². The standard InChI is InChI=1S/C14H25NO5/c1-13(2,3)20-12(18)15-10(11(17)19-6)9-8(7-16)14(9,4)5/h8-10,16H,7H2,1-6H3,(H,15,18)/t8-,9-,10-/m0/s1. The first-order chi connectivity index (χ1) is 9.04. The molecule has 6 heteroatoms. The lowest BCUT2D eigenvalue weighted by molar-refractivity contribution is -0.144. The molecule has 1 saturated carbocycles. The number of methoxy groups -OCH3 is 1. The molecule has 0 heterocycles. The maximum absolute atomic E-state index is 11.9. The van der Waals surface area contributed by atoms with Crippen molar-refractivity contribution in [3.63, 3.8) is 0 Å². The van der Waals surface area contributed by atoms with Crippen molar-refractivity contribution in [3.8, 4) is 0 Å². The number of aliphatic hydroxyl groups excluding tert-OH is 1. The molecule has 0 aromatic carbocycles. The van der Waals surface area contributed by atoms with Crippen LogP contribution in [0.4, 0.5) is 4.79 Å². The van der Waals surface area contributed by atoms with E-state index in [2.05, 4.69) is 5.32 Å². The van der Waals surface area contributed by atoms with Gasteiger partial charge in [-0.15, -0.1) is 0 Å². The van der Waals surface area contributed by atoms with E-state index < -0.39 is 23.7 Å². The summed E-state index contributed by atoms with van der Waals surface area (Å²) in [4.78, 5) is 23.7. The molecular weight excluding hydrogens is 262 g/mol. The van der Waals surface area contributed by atoms with Crippen LogP contribution >= 0.6 is 0 Å². The van der Waals surface area contributed by atoms with E-state index in [1.54, 1.807) is 20.8 Å². The van der Waals surface area contributed by atoms with Crippen LogP contribution in [0.5, 0.6) is 0 Å². The molecule has 0 aromatic rings. The van der Waals surface area contributed by atoms with Crippen molar-refractivity contribution in [2.45, 2.75) is 46.3 Å². The molecule has 0 unspecified atom stereocenters. The van der Waals surface area contributed by atoms with Gasteiger partial charge in [-0.1, -0.05) is 13.8 Å². The smallest absolute Gasteiger partial charge is 0.408 e. The Kier molecular flexibility index (Phi) is 4.69. The lowest BCUT2D eigenvalue weighted by atomic mass is 10.0. The summed E-state index contributed by atoms with van der Waals surface area (Å²) < 4.78 is 9.90. The highest BCUT2D eigenvalue weighted by Crippen LogP contribution is 2.59. The second-order valence-corrected chi connectivity index (χ2v) is 6.78. The summed E-state index contributed by atoms with van der Waals surface area (Å²) in [6.07, 6.45) is -0.660. The molecule has 3 atom stereocenters. The van der Waals surface area contributed by atoms with Crippen LogP contribution in [0.1, 0.15) is 34.6 Å². The van der Waals surface area contributed by atoms with E-state index in [9.17, 15) is 14.7 Å². The fourth-order valence-electron chi connectivity index (χ4n) is 2.65. The van der Waals surface area contributed by atoms with Gasteiger partial charge in [-0.3, -0.25) is 0 Å². The highest BCUT2D eigenvalue weighted by Gasteiger charge is 2.62. The van der Waals surface area contributed by atoms with Gasteiger partial charge >= 0.3 is 12.1 Å². The van der Waals surface area contributed by atoms with Gasteiger partial charge in [-0.05, 0) is 32.1 Å². The number of rotatable bonds is 4. The van der Waals surface area contributed by atoms with Crippen molar-refractivity contribution < 1.29 is 24.2 Å². The molecule has 1 amide bonds. The number of ether oxygens (including phenoxy) is 2. The molecule has 0 radical (unpaired) electrons. The number of carbonyl (C=O) groups is 2. The molecule has 2 N–H and O–H groups in total. The van der Waals surface area contributed by atoms with E-state index in [1.165, 1.54) is 7.11 Å². The topological polar surface area (TPSA) is 84.9 Å². The number of nitrogens with one attached hydrogen (secondary N) is 1. The second-order valence-electron chi connectivity index (χ2n) is 6.78. The second kappa shape index (κ2) is 5.60. The zero-order valence-corrected chi connectivity index (χ0v) is 13.0. The van der Waals surface area contributed by atoms with E-state index in [1.807, 2.05) is 13.8 Å². The van der Waals surface area contributed by atoms with Crippen molar-refractivity contribution in [1.82, 2.24) is 5.32 Å². The number of aliphatic hydroxyl groups is 1. The summed E-state index contributed by atoms with van der Waals surface area (Å²) >= 11 is 0. The Bertz CT molecular complexity index is 386. The largest absolute Gasteiger partial charge is 0.467 e. The minimum absolute atomic E-state index is 0.0266. The predicted octanol–water partition coefficient (Wildman–Crippen LogP) is 1.32. The first-order valence-electron chi connectivity index (χ1n) is 6.72. The maximum atomic E-state index is 11.9. The number of esters is 1. The zero-order valence-electron chi connectivity index (χ0n) is 13.0. The molecule has 1 fully saturated rings. The van der Waals surface area contributed by atoms with Crippen molar-refractivity contribution in [3.05, 3.63) is 0 Å². The molecule has 0 saturated heterocycles. The normalized spacial score (nSPS) is 25.6. The van der Waals surface area contributed by atoms with E-state index in [0.717, 1.165) is 0 Å². The van der Waals surface area contributed by atoms with Gasteiger partial charge in [0.05, 0.1) is 7.11 Å². The van der Waals surface area contributed by atoms with Crippen molar-refractivity contribution >= 4 is 12.1 Å². The van der Waals surface area contributed by atoms with E-state index in [0.29, 0.717) is 0 Å². The molecule has 0 aliphatic heterocycles. The Morgan fingerprint density at radius 3 is 2.25 bits per heavy atom. The number of alkyl carbamates (subject to hydrolysis) is 1. The molecule has 20 heavy (non-hydrogen) atoms. The van der Waals surface area contributed by atoms with Gasteiger partial charge in [0, 0.05) is 12.5 Å². The van der Waals surface area contributed by atoms with Crippen molar-refractivity contribution in [2.24, 2.45) is 17.3 Å². The average molecular weight is 287 g/mol. The van der Waals surface area contributed by atoms with Gasteiger partial charge in [0.1, 0.15) is 11.6 Å². The number of carbonyl (C=O) groups excluding carboxylic acids is 2. The fourth-order valence-corrected chi connectivity index (χ4v) is 2.65. The van der Waals surface area contributed by atoms with Crippen LogP contribution in [0.2, 0.25) is 0 Å². The Labute approximate surface area is 119 Å². The summed E-state index contributed by atoms with van der Waals surface area (Å²) in [5, 5.41) is 11.9. The molecule has 116 valence electrons. The highest BCUT2D eigenvalue weighted by atomic mass is 16.6. The lowest BCUT2D eigenvalue weighted by Crippen LogP contribution is -2.46. The molecule has 0 spiro atoms. The van der Waals surface area contributed by atoms with Gasteiger partial charge in [0.25, 0.3) is 0 Å². The van der Waals surface area contributed by atoms with Crippen molar-refractivity contribution in [1.29, 1.82) is 0 Å². The van der Waals surface area contributed by atoms with Gasteiger partial charge in [-0.25, -0.2) is 9.59 Å². The van der Waals surface area contributed by atoms with Crippen LogP contribution in [0.3, 0.4) is 0 Å². The van der Waals surface area contributed by atoms with E-state index >= 15 is 0 Å². The minimum Gasteiger partial charge on any atom is -0.467 e. The maximum Gasteiger partial charge on any atom is 0.408 e. The molecule has 0 bridgehead atoms. The number of hydrogen-bond donors (Lipinski definition) is 2. The summed E-state index contributed by atoms with van der Waals surface area (Å²) in [5.74, 6) is -0.723. The zero-order chi connectivity index (χ0) is 15.7.